The molecule has 1 atom stereocenters. The number of piperazine rings is 1. The number of carbonyl (C=O) groups excluding carboxylic acids is 1. The SMILES string of the molecule is CC[C@@H](O)CN1CCN(c2ccc(NC(=O)c3ccccc3C)cn2)CC1. The molecular formula is C21H28N4O2. The molecule has 0 bridgehead atoms. The molecule has 1 aromatic carbocycles. The van der Waals surface area contributed by atoms with Gasteiger partial charge in [0.2, 0.25) is 0 Å². The number of anilines is 2. The first-order valence-electron chi connectivity index (χ1n) is 9.55. The Morgan fingerprint density at radius 3 is 2.56 bits per heavy atom. The topological polar surface area (TPSA) is 68.7 Å². The first-order valence-corrected chi connectivity index (χ1v) is 9.55. The number of carbonyl (C=O) groups is 1. The predicted octanol–water partition coefficient (Wildman–Crippen LogP) is 2.54. The smallest absolute Gasteiger partial charge is 0.255 e. The number of hydrogen-bond acceptors (Lipinski definition) is 5. The number of pyridine rings is 1. The Labute approximate surface area is 160 Å². The van der Waals surface area contributed by atoms with Gasteiger partial charge < -0.3 is 15.3 Å². The number of aryl methyl sites for hydroxylation is 1. The van der Waals surface area contributed by atoms with Crippen LogP contribution >= 0.6 is 0 Å². The van der Waals surface area contributed by atoms with E-state index in [9.17, 15) is 9.90 Å². The third-order valence-corrected chi connectivity index (χ3v) is 5.03. The molecule has 0 saturated carbocycles. The van der Waals surface area contributed by atoms with E-state index < -0.39 is 0 Å². The van der Waals surface area contributed by atoms with Gasteiger partial charge in [-0.25, -0.2) is 4.98 Å². The highest BCUT2D eigenvalue weighted by Gasteiger charge is 2.19. The Hall–Kier alpha value is -2.44. The highest BCUT2D eigenvalue weighted by atomic mass is 16.3. The van der Waals surface area contributed by atoms with Crippen LogP contribution in [-0.2, 0) is 0 Å². The number of benzene rings is 1. The van der Waals surface area contributed by atoms with Crippen molar-refractivity contribution in [2.75, 3.05) is 42.9 Å². The summed E-state index contributed by atoms with van der Waals surface area (Å²) in [5.74, 6) is 0.797. The highest BCUT2D eigenvalue weighted by molar-refractivity contribution is 6.05. The van der Waals surface area contributed by atoms with Crippen molar-refractivity contribution in [3.05, 3.63) is 53.7 Å². The van der Waals surface area contributed by atoms with E-state index in [2.05, 4.69) is 20.1 Å². The number of rotatable bonds is 6. The van der Waals surface area contributed by atoms with Crippen LogP contribution in [0.3, 0.4) is 0 Å². The Morgan fingerprint density at radius 1 is 1.19 bits per heavy atom. The Kier molecular flexibility index (Phi) is 6.42. The lowest BCUT2D eigenvalue weighted by Crippen LogP contribution is -2.48. The minimum Gasteiger partial charge on any atom is -0.392 e. The number of hydrogen-bond donors (Lipinski definition) is 2. The molecule has 1 aromatic heterocycles. The fourth-order valence-corrected chi connectivity index (χ4v) is 3.26. The van der Waals surface area contributed by atoms with Gasteiger partial charge in [0.15, 0.2) is 0 Å². The monoisotopic (exact) mass is 368 g/mol. The molecule has 3 rings (SSSR count). The molecule has 2 aromatic rings. The summed E-state index contributed by atoms with van der Waals surface area (Å²) in [6.45, 7) is 8.28. The number of aromatic nitrogens is 1. The molecular weight excluding hydrogens is 340 g/mol. The summed E-state index contributed by atoms with van der Waals surface area (Å²) in [6, 6.07) is 11.4. The molecule has 0 aliphatic carbocycles. The summed E-state index contributed by atoms with van der Waals surface area (Å²) in [4.78, 5) is 21.4. The molecule has 1 aliphatic rings. The van der Waals surface area contributed by atoms with Gasteiger partial charge in [0.1, 0.15) is 5.82 Å². The number of aliphatic hydroxyl groups excluding tert-OH is 1. The summed E-state index contributed by atoms with van der Waals surface area (Å²) in [6.07, 6.45) is 2.25. The van der Waals surface area contributed by atoms with E-state index in [1.165, 1.54) is 0 Å². The van der Waals surface area contributed by atoms with Crippen molar-refractivity contribution in [3.8, 4) is 0 Å². The van der Waals surface area contributed by atoms with Gasteiger partial charge >= 0.3 is 0 Å². The van der Waals surface area contributed by atoms with Crippen LogP contribution in [0.5, 0.6) is 0 Å². The average Bonchev–Trinajstić information content (AvgIpc) is 2.69. The Bertz CT molecular complexity index is 755. The standard InChI is InChI=1S/C21H28N4O2/c1-3-18(26)15-24-10-12-25(13-11-24)20-9-8-17(14-22-20)23-21(27)19-7-5-4-6-16(19)2/h4-9,14,18,26H,3,10-13,15H2,1-2H3,(H,23,27)/t18-/m1/s1. The van der Waals surface area contributed by atoms with Crippen molar-refractivity contribution in [1.29, 1.82) is 0 Å². The normalized spacial score (nSPS) is 16.2. The molecule has 0 spiro atoms. The molecule has 27 heavy (non-hydrogen) atoms. The van der Waals surface area contributed by atoms with Crippen LogP contribution in [0.1, 0.15) is 29.3 Å². The van der Waals surface area contributed by atoms with Gasteiger partial charge in [-0.3, -0.25) is 9.69 Å². The van der Waals surface area contributed by atoms with E-state index in [0.29, 0.717) is 11.3 Å². The van der Waals surface area contributed by atoms with Crippen molar-refractivity contribution in [2.45, 2.75) is 26.4 Å². The molecule has 6 heteroatoms. The van der Waals surface area contributed by atoms with Gasteiger partial charge in [0.25, 0.3) is 5.91 Å². The van der Waals surface area contributed by atoms with Crippen molar-refractivity contribution in [1.82, 2.24) is 9.88 Å². The summed E-state index contributed by atoms with van der Waals surface area (Å²) < 4.78 is 0. The second-order valence-electron chi connectivity index (χ2n) is 7.02. The number of amides is 1. The lowest BCUT2D eigenvalue weighted by Gasteiger charge is -2.36. The van der Waals surface area contributed by atoms with Crippen LogP contribution in [-0.4, -0.2) is 59.7 Å². The molecule has 0 unspecified atom stereocenters. The number of nitrogens with one attached hydrogen (secondary N) is 1. The van der Waals surface area contributed by atoms with E-state index in [1.807, 2.05) is 50.2 Å². The molecule has 144 valence electrons. The van der Waals surface area contributed by atoms with Crippen molar-refractivity contribution < 1.29 is 9.90 Å². The average molecular weight is 368 g/mol. The molecule has 0 radical (unpaired) electrons. The summed E-state index contributed by atoms with van der Waals surface area (Å²) >= 11 is 0. The third-order valence-electron chi connectivity index (χ3n) is 5.03. The zero-order valence-corrected chi connectivity index (χ0v) is 16.1. The fourth-order valence-electron chi connectivity index (χ4n) is 3.26. The van der Waals surface area contributed by atoms with Crippen LogP contribution in [0, 0.1) is 6.92 Å². The van der Waals surface area contributed by atoms with Gasteiger partial charge in [-0.2, -0.15) is 0 Å². The number of β-amino-alcohol motifs (C(OH)–C–C–N with tert-alkyl or cyclic N) is 1. The van der Waals surface area contributed by atoms with E-state index in [1.54, 1.807) is 6.20 Å². The zero-order chi connectivity index (χ0) is 19.2. The van der Waals surface area contributed by atoms with Crippen LogP contribution in [0.15, 0.2) is 42.6 Å². The number of nitrogens with zero attached hydrogens (tertiary/aromatic N) is 3. The Balaban J connectivity index is 1.55. The zero-order valence-electron chi connectivity index (χ0n) is 16.1. The second-order valence-corrected chi connectivity index (χ2v) is 7.02. The molecule has 1 saturated heterocycles. The minimum atomic E-state index is -0.245. The quantitative estimate of drug-likeness (QED) is 0.820. The minimum absolute atomic E-state index is 0.120. The number of aliphatic hydroxyl groups is 1. The largest absolute Gasteiger partial charge is 0.392 e. The Morgan fingerprint density at radius 2 is 1.93 bits per heavy atom. The van der Waals surface area contributed by atoms with Crippen LogP contribution in [0.2, 0.25) is 0 Å². The van der Waals surface area contributed by atoms with Gasteiger partial charge in [0, 0.05) is 38.3 Å². The van der Waals surface area contributed by atoms with Crippen LogP contribution in [0.4, 0.5) is 11.5 Å². The summed E-state index contributed by atoms with van der Waals surface area (Å²) in [5, 5.41) is 12.7. The van der Waals surface area contributed by atoms with E-state index in [4.69, 9.17) is 0 Å². The van der Waals surface area contributed by atoms with Crippen molar-refractivity contribution in [3.63, 3.8) is 0 Å². The molecule has 1 aliphatic heterocycles. The maximum atomic E-state index is 12.4. The molecule has 1 fully saturated rings. The highest BCUT2D eigenvalue weighted by Crippen LogP contribution is 2.17. The first-order chi connectivity index (χ1) is 13.1. The summed E-state index contributed by atoms with van der Waals surface area (Å²) in [7, 11) is 0. The predicted molar refractivity (Wildman–Crippen MR) is 108 cm³/mol. The molecule has 2 N–H and O–H groups in total. The maximum Gasteiger partial charge on any atom is 0.255 e. The van der Waals surface area contributed by atoms with Crippen LogP contribution in [0.25, 0.3) is 0 Å². The lowest BCUT2D eigenvalue weighted by atomic mass is 10.1. The molecule has 1 amide bonds. The van der Waals surface area contributed by atoms with Gasteiger partial charge in [0.05, 0.1) is 18.0 Å². The fraction of sp³-hybridized carbons (Fsp3) is 0.429. The maximum absolute atomic E-state index is 12.4. The first kappa shape index (κ1) is 19.3. The summed E-state index contributed by atoms with van der Waals surface area (Å²) in [5.41, 5.74) is 2.31. The lowest BCUT2D eigenvalue weighted by molar-refractivity contribution is 0.102. The third kappa shape index (κ3) is 5.05. The van der Waals surface area contributed by atoms with Gasteiger partial charge in [-0.1, -0.05) is 25.1 Å². The van der Waals surface area contributed by atoms with E-state index in [-0.39, 0.29) is 12.0 Å². The van der Waals surface area contributed by atoms with Gasteiger partial charge in [-0.05, 0) is 37.1 Å². The van der Waals surface area contributed by atoms with Gasteiger partial charge in [-0.15, -0.1) is 0 Å². The van der Waals surface area contributed by atoms with E-state index >= 15 is 0 Å². The molecule has 2 heterocycles. The second kappa shape index (κ2) is 8.97. The van der Waals surface area contributed by atoms with Crippen LogP contribution < -0.4 is 10.2 Å². The van der Waals surface area contributed by atoms with Crippen molar-refractivity contribution in [2.24, 2.45) is 0 Å². The van der Waals surface area contributed by atoms with Crippen molar-refractivity contribution >= 4 is 17.4 Å². The van der Waals surface area contributed by atoms with E-state index in [0.717, 1.165) is 50.5 Å². The molecule has 6 nitrogen and oxygen atoms in total.